The molecule has 142 valence electrons. The lowest BCUT2D eigenvalue weighted by Gasteiger charge is -2.27. The SMILES string of the molecule is CNCCNC(=O)c1ccc(CN2CCc3ncc([N+](=O)[O-])cc3C2)cc1. The Balaban J connectivity index is 1.60. The first-order valence-corrected chi connectivity index (χ1v) is 8.93. The van der Waals surface area contributed by atoms with E-state index in [2.05, 4.69) is 20.5 Å². The van der Waals surface area contributed by atoms with Gasteiger partial charge in [0.05, 0.1) is 4.92 Å². The first-order valence-electron chi connectivity index (χ1n) is 8.93. The molecule has 8 heteroatoms. The van der Waals surface area contributed by atoms with Crippen LogP contribution in [-0.2, 0) is 19.5 Å². The van der Waals surface area contributed by atoms with E-state index in [4.69, 9.17) is 0 Å². The van der Waals surface area contributed by atoms with Crippen LogP contribution in [0.3, 0.4) is 0 Å². The van der Waals surface area contributed by atoms with Crippen molar-refractivity contribution in [2.75, 3.05) is 26.7 Å². The van der Waals surface area contributed by atoms with Crippen LogP contribution in [0.1, 0.15) is 27.2 Å². The number of pyridine rings is 1. The zero-order chi connectivity index (χ0) is 19.2. The highest BCUT2D eigenvalue weighted by Crippen LogP contribution is 2.22. The van der Waals surface area contributed by atoms with Gasteiger partial charge in [0.2, 0.25) is 0 Å². The molecule has 0 bridgehead atoms. The Morgan fingerprint density at radius 1 is 1.30 bits per heavy atom. The Morgan fingerprint density at radius 3 is 2.78 bits per heavy atom. The van der Waals surface area contributed by atoms with Gasteiger partial charge in [-0.25, -0.2) is 0 Å². The summed E-state index contributed by atoms with van der Waals surface area (Å²) >= 11 is 0. The van der Waals surface area contributed by atoms with Gasteiger partial charge < -0.3 is 10.6 Å². The van der Waals surface area contributed by atoms with Gasteiger partial charge in [-0.15, -0.1) is 0 Å². The average molecular weight is 369 g/mol. The summed E-state index contributed by atoms with van der Waals surface area (Å²) in [5.41, 5.74) is 3.62. The van der Waals surface area contributed by atoms with Crippen molar-refractivity contribution in [2.24, 2.45) is 0 Å². The molecule has 0 saturated heterocycles. The molecule has 0 spiro atoms. The van der Waals surface area contributed by atoms with Crippen LogP contribution in [0.5, 0.6) is 0 Å². The normalized spacial score (nSPS) is 13.8. The molecule has 0 fully saturated rings. The Morgan fingerprint density at radius 2 is 2.07 bits per heavy atom. The van der Waals surface area contributed by atoms with Gasteiger partial charge in [0.25, 0.3) is 11.6 Å². The van der Waals surface area contributed by atoms with Gasteiger partial charge in [-0.05, 0) is 30.3 Å². The number of hydrogen-bond acceptors (Lipinski definition) is 6. The molecule has 2 N–H and O–H groups in total. The lowest BCUT2D eigenvalue weighted by atomic mass is 10.0. The second-order valence-electron chi connectivity index (χ2n) is 6.57. The minimum absolute atomic E-state index is 0.0317. The van der Waals surface area contributed by atoms with Gasteiger partial charge in [0, 0.05) is 56.5 Å². The third kappa shape index (κ3) is 4.87. The van der Waals surface area contributed by atoms with Gasteiger partial charge in [0.15, 0.2) is 0 Å². The number of carbonyl (C=O) groups is 1. The fourth-order valence-electron chi connectivity index (χ4n) is 3.13. The van der Waals surface area contributed by atoms with E-state index in [0.717, 1.165) is 42.9 Å². The van der Waals surface area contributed by atoms with Crippen LogP contribution >= 0.6 is 0 Å². The number of rotatable bonds is 7. The van der Waals surface area contributed by atoms with Crippen molar-refractivity contribution in [1.29, 1.82) is 0 Å². The molecule has 2 heterocycles. The number of benzene rings is 1. The number of nitro groups is 1. The fourth-order valence-corrected chi connectivity index (χ4v) is 3.13. The topological polar surface area (TPSA) is 100 Å². The highest BCUT2D eigenvalue weighted by Gasteiger charge is 2.20. The predicted molar refractivity (Wildman–Crippen MR) is 101 cm³/mol. The van der Waals surface area contributed by atoms with E-state index in [1.54, 1.807) is 6.07 Å². The van der Waals surface area contributed by atoms with E-state index < -0.39 is 4.92 Å². The summed E-state index contributed by atoms with van der Waals surface area (Å²) in [5.74, 6) is -0.0814. The monoisotopic (exact) mass is 369 g/mol. The Bertz CT molecular complexity index is 823. The Hall–Kier alpha value is -2.84. The second kappa shape index (κ2) is 8.70. The van der Waals surface area contributed by atoms with Crippen LogP contribution in [0.4, 0.5) is 5.69 Å². The Kier molecular flexibility index (Phi) is 6.10. The molecule has 8 nitrogen and oxygen atoms in total. The molecule has 1 aromatic heterocycles. The summed E-state index contributed by atoms with van der Waals surface area (Å²) < 4.78 is 0. The minimum atomic E-state index is -0.410. The van der Waals surface area contributed by atoms with Gasteiger partial charge in [0.1, 0.15) is 6.20 Å². The van der Waals surface area contributed by atoms with Crippen LogP contribution in [-0.4, -0.2) is 47.4 Å². The van der Waals surface area contributed by atoms with Crippen LogP contribution in [0.2, 0.25) is 0 Å². The number of fused-ring (bicyclic) bond motifs is 1. The molecule has 0 unspecified atom stereocenters. The van der Waals surface area contributed by atoms with Crippen molar-refractivity contribution in [2.45, 2.75) is 19.5 Å². The van der Waals surface area contributed by atoms with Crippen molar-refractivity contribution < 1.29 is 9.72 Å². The smallest absolute Gasteiger partial charge is 0.287 e. The predicted octanol–water partition coefficient (Wildman–Crippen LogP) is 1.50. The van der Waals surface area contributed by atoms with E-state index in [-0.39, 0.29) is 11.6 Å². The molecule has 3 rings (SSSR count). The molecule has 0 radical (unpaired) electrons. The molecule has 1 aliphatic rings. The number of nitrogens with zero attached hydrogens (tertiary/aromatic N) is 3. The van der Waals surface area contributed by atoms with E-state index >= 15 is 0 Å². The maximum atomic E-state index is 12.0. The van der Waals surface area contributed by atoms with Crippen LogP contribution < -0.4 is 10.6 Å². The maximum absolute atomic E-state index is 12.0. The van der Waals surface area contributed by atoms with E-state index in [1.807, 2.05) is 31.3 Å². The lowest BCUT2D eigenvalue weighted by molar-refractivity contribution is -0.385. The minimum Gasteiger partial charge on any atom is -0.351 e. The average Bonchev–Trinajstić information content (AvgIpc) is 2.68. The van der Waals surface area contributed by atoms with Crippen molar-refractivity contribution >= 4 is 11.6 Å². The maximum Gasteiger partial charge on any atom is 0.287 e. The molecule has 1 amide bonds. The summed E-state index contributed by atoms with van der Waals surface area (Å²) in [4.78, 5) is 29.0. The Labute approximate surface area is 157 Å². The molecule has 1 aliphatic heterocycles. The van der Waals surface area contributed by atoms with Crippen LogP contribution in [0.15, 0.2) is 36.5 Å². The highest BCUT2D eigenvalue weighted by molar-refractivity contribution is 5.94. The molecule has 0 aliphatic carbocycles. The summed E-state index contributed by atoms with van der Waals surface area (Å²) in [7, 11) is 1.84. The number of amides is 1. The third-order valence-corrected chi connectivity index (χ3v) is 4.60. The molecular weight excluding hydrogens is 346 g/mol. The lowest BCUT2D eigenvalue weighted by Crippen LogP contribution is -2.31. The molecule has 0 saturated carbocycles. The van der Waals surface area contributed by atoms with E-state index in [9.17, 15) is 14.9 Å². The van der Waals surface area contributed by atoms with Gasteiger partial charge in [-0.3, -0.25) is 24.8 Å². The van der Waals surface area contributed by atoms with E-state index in [0.29, 0.717) is 18.7 Å². The van der Waals surface area contributed by atoms with Gasteiger partial charge in [-0.1, -0.05) is 12.1 Å². The standard InChI is InChI=1S/C19H23N5O3/c1-20-7-8-21-19(25)15-4-2-14(3-5-15)12-23-9-6-18-16(13-23)10-17(11-22-18)24(26)27/h2-5,10-11,20H,6-9,12-13H2,1H3,(H,21,25). The largest absolute Gasteiger partial charge is 0.351 e. The summed E-state index contributed by atoms with van der Waals surface area (Å²) in [6.07, 6.45) is 2.11. The highest BCUT2D eigenvalue weighted by atomic mass is 16.6. The van der Waals surface area contributed by atoms with Crippen molar-refractivity contribution in [3.63, 3.8) is 0 Å². The first kappa shape index (κ1) is 18.9. The number of hydrogen-bond donors (Lipinski definition) is 2. The van der Waals surface area contributed by atoms with Crippen LogP contribution in [0, 0.1) is 10.1 Å². The van der Waals surface area contributed by atoms with Gasteiger partial charge >= 0.3 is 0 Å². The number of likely N-dealkylation sites (N-methyl/N-ethyl adjacent to an activating group) is 1. The van der Waals surface area contributed by atoms with E-state index in [1.165, 1.54) is 6.20 Å². The second-order valence-corrected chi connectivity index (χ2v) is 6.57. The number of carbonyl (C=O) groups excluding carboxylic acids is 1. The summed E-state index contributed by atoms with van der Waals surface area (Å²) in [6, 6.07) is 9.18. The molecular formula is C19H23N5O3. The zero-order valence-electron chi connectivity index (χ0n) is 15.3. The van der Waals surface area contributed by atoms with Crippen molar-refractivity contribution in [1.82, 2.24) is 20.5 Å². The molecule has 1 aromatic carbocycles. The first-order chi connectivity index (χ1) is 13.1. The third-order valence-electron chi connectivity index (χ3n) is 4.60. The summed E-state index contributed by atoms with van der Waals surface area (Å²) in [6.45, 7) is 3.53. The quantitative estimate of drug-likeness (QED) is 0.436. The number of aromatic nitrogens is 1. The fraction of sp³-hybridized carbons (Fsp3) is 0.368. The number of nitrogens with one attached hydrogen (secondary N) is 2. The summed E-state index contributed by atoms with van der Waals surface area (Å²) in [5, 5.41) is 16.8. The molecule has 2 aromatic rings. The molecule has 0 atom stereocenters. The van der Waals surface area contributed by atoms with Gasteiger partial charge in [-0.2, -0.15) is 0 Å². The van der Waals surface area contributed by atoms with Crippen molar-refractivity contribution in [3.8, 4) is 0 Å². The molecule has 27 heavy (non-hydrogen) atoms. The van der Waals surface area contributed by atoms with Crippen molar-refractivity contribution in [3.05, 3.63) is 69.0 Å². The van der Waals surface area contributed by atoms with Crippen LogP contribution in [0.25, 0.3) is 0 Å². The zero-order valence-corrected chi connectivity index (χ0v) is 15.3.